The average molecular weight is 352 g/mol. The zero-order valence-electron chi connectivity index (χ0n) is 14.4. The predicted molar refractivity (Wildman–Crippen MR) is 94.4 cm³/mol. The number of aryl methyl sites for hydroxylation is 2. The fourth-order valence-electron chi connectivity index (χ4n) is 2.70. The highest BCUT2D eigenvalue weighted by Gasteiger charge is 2.21. The molecular weight excluding hydrogens is 335 g/mol. The number of rotatable bonds is 5. The molecule has 0 unspecified atom stereocenters. The number of benzene rings is 2. The van der Waals surface area contributed by atoms with E-state index in [2.05, 4.69) is 5.10 Å². The molecule has 0 amide bonds. The number of aromatic nitrogens is 2. The minimum absolute atomic E-state index is 0.0521. The largest absolute Gasteiger partial charge is 0.476 e. The van der Waals surface area contributed by atoms with Crippen LogP contribution in [-0.4, -0.2) is 26.6 Å². The van der Waals surface area contributed by atoms with E-state index in [0.717, 1.165) is 11.1 Å². The Morgan fingerprint density at radius 1 is 1.08 bits per heavy atom. The van der Waals surface area contributed by atoms with Crippen molar-refractivity contribution in [2.45, 2.75) is 20.3 Å². The van der Waals surface area contributed by atoms with Crippen LogP contribution in [0.1, 0.15) is 37.5 Å². The minimum atomic E-state index is -1.16. The summed E-state index contributed by atoms with van der Waals surface area (Å²) in [6, 6.07) is 10.7. The van der Waals surface area contributed by atoms with E-state index in [9.17, 15) is 19.1 Å². The molecular formula is C20H17FN2O3. The van der Waals surface area contributed by atoms with E-state index in [4.69, 9.17) is 0 Å². The SMILES string of the molecule is Cc1ccc(-n2ncc(CC(=O)c3ccc(F)cc3)c2C(=O)O)cc1C. The Morgan fingerprint density at radius 3 is 2.38 bits per heavy atom. The zero-order valence-corrected chi connectivity index (χ0v) is 14.4. The first-order valence-corrected chi connectivity index (χ1v) is 8.03. The number of hydrogen-bond donors (Lipinski definition) is 1. The molecule has 3 rings (SSSR count). The Balaban J connectivity index is 1.97. The molecule has 1 aromatic heterocycles. The number of ketones is 1. The van der Waals surface area contributed by atoms with E-state index in [1.54, 1.807) is 6.07 Å². The van der Waals surface area contributed by atoms with E-state index < -0.39 is 11.8 Å². The highest BCUT2D eigenvalue weighted by atomic mass is 19.1. The van der Waals surface area contributed by atoms with Crippen LogP contribution in [0, 0.1) is 19.7 Å². The number of carbonyl (C=O) groups excluding carboxylic acids is 1. The van der Waals surface area contributed by atoms with Gasteiger partial charge >= 0.3 is 5.97 Å². The lowest BCUT2D eigenvalue weighted by Crippen LogP contribution is -2.12. The maximum absolute atomic E-state index is 13.0. The molecule has 6 heteroatoms. The van der Waals surface area contributed by atoms with E-state index in [-0.39, 0.29) is 17.9 Å². The van der Waals surface area contributed by atoms with Crippen molar-refractivity contribution in [3.8, 4) is 5.69 Å². The Hall–Kier alpha value is -3.28. The molecule has 0 fully saturated rings. The number of Topliss-reactive ketones (excluding diaryl/α,β-unsaturated/α-hetero) is 1. The van der Waals surface area contributed by atoms with Gasteiger partial charge in [-0.25, -0.2) is 13.9 Å². The highest BCUT2D eigenvalue weighted by Crippen LogP contribution is 2.20. The van der Waals surface area contributed by atoms with Gasteiger partial charge < -0.3 is 5.11 Å². The third-order valence-corrected chi connectivity index (χ3v) is 4.30. The molecule has 0 radical (unpaired) electrons. The number of carbonyl (C=O) groups is 2. The van der Waals surface area contributed by atoms with Crippen molar-refractivity contribution in [3.63, 3.8) is 0 Å². The second-order valence-electron chi connectivity index (χ2n) is 6.11. The topological polar surface area (TPSA) is 72.2 Å². The Morgan fingerprint density at radius 2 is 1.77 bits per heavy atom. The van der Waals surface area contributed by atoms with Crippen LogP contribution in [0.5, 0.6) is 0 Å². The smallest absolute Gasteiger partial charge is 0.354 e. The summed E-state index contributed by atoms with van der Waals surface area (Å²) in [4.78, 5) is 24.2. The van der Waals surface area contributed by atoms with Crippen molar-refractivity contribution in [2.75, 3.05) is 0 Å². The van der Waals surface area contributed by atoms with Gasteiger partial charge in [0.05, 0.1) is 11.9 Å². The molecule has 5 nitrogen and oxygen atoms in total. The van der Waals surface area contributed by atoms with Crippen molar-refractivity contribution in [1.29, 1.82) is 0 Å². The number of carboxylic acids is 1. The summed E-state index contributed by atoms with van der Waals surface area (Å²) < 4.78 is 14.3. The Kier molecular flexibility index (Phi) is 4.67. The number of hydrogen-bond acceptors (Lipinski definition) is 3. The summed E-state index contributed by atoms with van der Waals surface area (Å²) in [5.41, 5.74) is 3.30. The second-order valence-corrected chi connectivity index (χ2v) is 6.11. The zero-order chi connectivity index (χ0) is 18.8. The molecule has 132 valence electrons. The van der Waals surface area contributed by atoms with Gasteiger partial charge in [0.1, 0.15) is 5.82 Å². The van der Waals surface area contributed by atoms with Crippen molar-refractivity contribution in [2.24, 2.45) is 0 Å². The third-order valence-electron chi connectivity index (χ3n) is 4.30. The van der Waals surface area contributed by atoms with Gasteiger partial charge in [-0.2, -0.15) is 5.10 Å². The van der Waals surface area contributed by atoms with Gasteiger partial charge in [0.2, 0.25) is 0 Å². The maximum Gasteiger partial charge on any atom is 0.354 e. The van der Waals surface area contributed by atoms with Crippen LogP contribution in [0.3, 0.4) is 0 Å². The molecule has 1 N–H and O–H groups in total. The molecule has 0 atom stereocenters. The summed E-state index contributed by atoms with van der Waals surface area (Å²) in [6.45, 7) is 3.90. The van der Waals surface area contributed by atoms with E-state index >= 15 is 0 Å². The second kappa shape index (κ2) is 6.92. The summed E-state index contributed by atoms with van der Waals surface area (Å²) >= 11 is 0. The molecule has 0 aliphatic rings. The normalized spacial score (nSPS) is 10.7. The minimum Gasteiger partial charge on any atom is -0.476 e. The first-order chi connectivity index (χ1) is 12.4. The van der Waals surface area contributed by atoms with Crippen molar-refractivity contribution in [3.05, 3.63) is 82.4 Å². The van der Waals surface area contributed by atoms with Crippen molar-refractivity contribution < 1.29 is 19.1 Å². The van der Waals surface area contributed by atoms with Gasteiger partial charge in [-0.05, 0) is 61.4 Å². The number of aromatic carboxylic acids is 1. The van der Waals surface area contributed by atoms with Crippen molar-refractivity contribution in [1.82, 2.24) is 9.78 Å². The summed E-state index contributed by atoms with van der Waals surface area (Å²) in [5, 5.41) is 13.8. The van der Waals surface area contributed by atoms with Crippen LogP contribution in [0.25, 0.3) is 5.69 Å². The Labute approximate surface area is 149 Å². The fourth-order valence-corrected chi connectivity index (χ4v) is 2.70. The molecule has 0 aliphatic carbocycles. The summed E-state index contributed by atoms with van der Waals surface area (Å²) in [7, 11) is 0. The Bertz CT molecular complexity index is 991. The van der Waals surface area contributed by atoms with Crippen LogP contribution >= 0.6 is 0 Å². The first-order valence-electron chi connectivity index (χ1n) is 8.03. The summed E-state index contributed by atoms with van der Waals surface area (Å²) in [5.74, 6) is -1.90. The first kappa shape index (κ1) is 17.5. The molecule has 0 spiro atoms. The van der Waals surface area contributed by atoms with Gasteiger partial charge in [0.25, 0.3) is 0 Å². The molecule has 2 aromatic carbocycles. The molecule has 0 saturated heterocycles. The number of carboxylic acid groups (broad SMARTS) is 1. The van der Waals surface area contributed by atoms with Gasteiger partial charge in [-0.15, -0.1) is 0 Å². The maximum atomic E-state index is 13.0. The highest BCUT2D eigenvalue weighted by molar-refractivity contribution is 5.99. The van der Waals surface area contributed by atoms with Crippen LogP contribution < -0.4 is 0 Å². The lowest BCUT2D eigenvalue weighted by Gasteiger charge is -2.08. The third kappa shape index (κ3) is 3.39. The molecule has 26 heavy (non-hydrogen) atoms. The van der Waals surface area contributed by atoms with Crippen molar-refractivity contribution >= 4 is 11.8 Å². The lowest BCUT2D eigenvalue weighted by molar-refractivity contribution is 0.0686. The molecule has 0 saturated carbocycles. The number of nitrogens with zero attached hydrogens (tertiary/aromatic N) is 2. The van der Waals surface area contributed by atoms with E-state index in [0.29, 0.717) is 16.8 Å². The van der Waals surface area contributed by atoms with Gasteiger partial charge in [0, 0.05) is 17.5 Å². The van der Waals surface area contributed by atoms with Crippen LogP contribution in [0.2, 0.25) is 0 Å². The standard InChI is InChI=1S/C20H17FN2O3/c1-12-3-8-17(9-13(12)2)23-19(20(25)26)15(11-22-23)10-18(24)14-4-6-16(21)7-5-14/h3-9,11H,10H2,1-2H3,(H,25,26). The quantitative estimate of drug-likeness (QED) is 0.710. The summed E-state index contributed by atoms with van der Waals surface area (Å²) in [6.07, 6.45) is 1.26. The monoisotopic (exact) mass is 352 g/mol. The van der Waals surface area contributed by atoms with Gasteiger partial charge in [-0.3, -0.25) is 4.79 Å². The van der Waals surface area contributed by atoms with Gasteiger partial charge in [-0.1, -0.05) is 6.07 Å². The van der Waals surface area contributed by atoms with E-state index in [1.165, 1.54) is 35.1 Å². The van der Waals surface area contributed by atoms with Crippen LogP contribution in [0.4, 0.5) is 4.39 Å². The average Bonchev–Trinajstić information content (AvgIpc) is 3.01. The predicted octanol–water partition coefficient (Wildman–Crippen LogP) is 3.75. The molecule has 0 bridgehead atoms. The van der Waals surface area contributed by atoms with Gasteiger partial charge in [0.15, 0.2) is 11.5 Å². The molecule has 0 aliphatic heterocycles. The van der Waals surface area contributed by atoms with E-state index in [1.807, 2.05) is 26.0 Å². The molecule has 1 heterocycles. The van der Waals surface area contributed by atoms with Crippen LogP contribution in [0.15, 0.2) is 48.7 Å². The fraction of sp³-hybridized carbons (Fsp3) is 0.150. The van der Waals surface area contributed by atoms with Crippen LogP contribution in [-0.2, 0) is 6.42 Å². The lowest BCUT2D eigenvalue weighted by atomic mass is 10.0. The number of halogens is 1. The molecule has 3 aromatic rings.